The molecule has 3 aromatic rings. The third-order valence-corrected chi connectivity index (χ3v) is 6.73. The summed E-state index contributed by atoms with van der Waals surface area (Å²) in [6, 6.07) is 11.1. The molecule has 0 radical (unpaired) electrons. The molecule has 0 aliphatic carbocycles. The van der Waals surface area contributed by atoms with E-state index in [0.717, 1.165) is 12.8 Å². The summed E-state index contributed by atoms with van der Waals surface area (Å²) in [7, 11) is -3.71. The number of benzene rings is 2. The van der Waals surface area contributed by atoms with Crippen LogP contribution in [0.1, 0.15) is 23.3 Å². The number of hydrogen-bond acceptors (Lipinski definition) is 5. The summed E-state index contributed by atoms with van der Waals surface area (Å²) in [4.78, 5) is 12.5. The van der Waals surface area contributed by atoms with Crippen molar-refractivity contribution in [1.29, 1.82) is 0 Å². The van der Waals surface area contributed by atoms with Crippen molar-refractivity contribution in [2.24, 2.45) is 0 Å². The Morgan fingerprint density at radius 1 is 1.10 bits per heavy atom. The molecule has 2 aromatic carbocycles. The predicted molar refractivity (Wildman–Crippen MR) is 108 cm³/mol. The lowest BCUT2D eigenvalue weighted by Gasteiger charge is -2.16. The second-order valence-electron chi connectivity index (χ2n) is 6.84. The number of amides is 1. The number of carbonyl (C=O) groups excluding carboxylic acids is 1. The molecule has 156 valence electrons. The van der Waals surface area contributed by atoms with Crippen LogP contribution in [0.2, 0.25) is 0 Å². The fraction of sp³-hybridized carbons (Fsp3) is 0.200. The zero-order valence-corrected chi connectivity index (χ0v) is 16.6. The maximum Gasteiger partial charge on any atom is 0.276 e. The van der Waals surface area contributed by atoms with Crippen molar-refractivity contribution in [2.45, 2.75) is 17.7 Å². The van der Waals surface area contributed by atoms with Crippen LogP contribution >= 0.6 is 0 Å². The summed E-state index contributed by atoms with van der Waals surface area (Å²) >= 11 is 0. The van der Waals surface area contributed by atoms with Crippen LogP contribution in [0, 0.1) is 5.82 Å². The fourth-order valence-electron chi connectivity index (χ4n) is 3.26. The Morgan fingerprint density at radius 3 is 2.57 bits per heavy atom. The molecular weight excluding hydrogens is 411 g/mol. The number of carbonyl (C=O) groups is 1. The molecule has 4 rings (SSSR count). The lowest BCUT2D eigenvalue weighted by Crippen LogP contribution is -2.28. The van der Waals surface area contributed by atoms with E-state index >= 15 is 0 Å². The first-order valence-corrected chi connectivity index (χ1v) is 10.8. The normalized spacial score (nSPS) is 14.7. The van der Waals surface area contributed by atoms with Gasteiger partial charge in [0.2, 0.25) is 10.0 Å². The predicted octanol–water partition coefficient (Wildman–Crippen LogP) is 2.75. The highest BCUT2D eigenvalue weighted by Gasteiger charge is 2.28. The van der Waals surface area contributed by atoms with Gasteiger partial charge in [0, 0.05) is 19.3 Å². The van der Waals surface area contributed by atoms with Gasteiger partial charge < -0.3 is 10.4 Å². The molecule has 30 heavy (non-hydrogen) atoms. The van der Waals surface area contributed by atoms with Crippen molar-refractivity contribution in [3.05, 3.63) is 66.2 Å². The SMILES string of the molecule is O=C(Nc1cc(S(=O)(=O)N2CCCC2)ccc1O)c1ccn(-c2ccccc2F)n1. The van der Waals surface area contributed by atoms with E-state index in [9.17, 15) is 22.7 Å². The molecule has 1 aliphatic heterocycles. The molecule has 2 N–H and O–H groups in total. The number of anilines is 1. The minimum Gasteiger partial charge on any atom is -0.506 e. The number of nitrogens with zero attached hydrogens (tertiary/aromatic N) is 3. The zero-order valence-electron chi connectivity index (χ0n) is 15.8. The van der Waals surface area contributed by atoms with Gasteiger partial charge in [-0.25, -0.2) is 17.5 Å². The minimum absolute atomic E-state index is 0.0191. The fourth-order valence-corrected chi connectivity index (χ4v) is 4.80. The van der Waals surface area contributed by atoms with E-state index in [1.54, 1.807) is 12.1 Å². The first kappa shape index (κ1) is 20.0. The second-order valence-corrected chi connectivity index (χ2v) is 8.78. The Morgan fingerprint density at radius 2 is 1.83 bits per heavy atom. The van der Waals surface area contributed by atoms with E-state index in [0.29, 0.717) is 13.1 Å². The van der Waals surface area contributed by atoms with E-state index in [4.69, 9.17) is 0 Å². The summed E-state index contributed by atoms with van der Waals surface area (Å²) in [5.41, 5.74) is 0.101. The molecule has 8 nitrogen and oxygen atoms in total. The number of nitrogens with one attached hydrogen (secondary N) is 1. The highest BCUT2D eigenvalue weighted by Crippen LogP contribution is 2.29. The lowest BCUT2D eigenvalue weighted by atomic mass is 10.3. The highest BCUT2D eigenvalue weighted by atomic mass is 32.2. The highest BCUT2D eigenvalue weighted by molar-refractivity contribution is 7.89. The van der Waals surface area contributed by atoms with E-state index in [1.165, 1.54) is 51.6 Å². The first-order chi connectivity index (χ1) is 14.4. The Balaban J connectivity index is 1.57. The van der Waals surface area contributed by atoms with Crippen LogP contribution in [-0.2, 0) is 10.0 Å². The number of aromatic nitrogens is 2. The van der Waals surface area contributed by atoms with Crippen molar-refractivity contribution in [3.8, 4) is 11.4 Å². The summed E-state index contributed by atoms with van der Waals surface area (Å²) < 4.78 is 42.0. The van der Waals surface area contributed by atoms with Gasteiger partial charge >= 0.3 is 0 Å². The van der Waals surface area contributed by atoms with Gasteiger partial charge in [-0.15, -0.1) is 0 Å². The van der Waals surface area contributed by atoms with Crippen molar-refractivity contribution in [1.82, 2.24) is 14.1 Å². The Bertz CT molecular complexity index is 1200. The number of phenolic OH excluding ortho intramolecular Hbond substituents is 1. The maximum absolute atomic E-state index is 13.9. The summed E-state index contributed by atoms with van der Waals surface area (Å²) in [6.45, 7) is 0.886. The van der Waals surface area contributed by atoms with Crippen LogP contribution in [0.4, 0.5) is 10.1 Å². The molecule has 1 saturated heterocycles. The van der Waals surface area contributed by atoms with Gasteiger partial charge in [-0.05, 0) is 49.2 Å². The number of sulfonamides is 1. The van der Waals surface area contributed by atoms with Crippen molar-refractivity contribution in [2.75, 3.05) is 18.4 Å². The van der Waals surface area contributed by atoms with E-state index < -0.39 is 21.7 Å². The summed E-state index contributed by atoms with van der Waals surface area (Å²) in [6.07, 6.45) is 3.03. The Kier molecular flexibility index (Phi) is 5.27. The molecule has 1 amide bonds. The van der Waals surface area contributed by atoms with E-state index in [1.807, 2.05) is 0 Å². The van der Waals surface area contributed by atoms with Gasteiger partial charge in [-0.3, -0.25) is 4.79 Å². The number of para-hydroxylation sites is 1. The topological polar surface area (TPSA) is 105 Å². The number of rotatable bonds is 5. The van der Waals surface area contributed by atoms with Gasteiger partial charge in [0.05, 0.1) is 10.6 Å². The quantitative estimate of drug-likeness (QED) is 0.606. The molecule has 2 heterocycles. The molecule has 0 saturated carbocycles. The molecule has 0 bridgehead atoms. The van der Waals surface area contributed by atoms with Crippen LogP contribution in [-0.4, -0.2) is 46.6 Å². The number of phenols is 1. The smallest absolute Gasteiger partial charge is 0.276 e. The number of halogens is 1. The van der Waals surface area contributed by atoms with Gasteiger partial charge in [0.1, 0.15) is 17.3 Å². The monoisotopic (exact) mass is 430 g/mol. The number of aromatic hydroxyl groups is 1. The number of hydrogen-bond donors (Lipinski definition) is 2. The van der Waals surface area contributed by atoms with Crippen LogP contribution in [0.3, 0.4) is 0 Å². The second kappa shape index (κ2) is 7.88. The van der Waals surface area contributed by atoms with Crippen LogP contribution in [0.5, 0.6) is 5.75 Å². The Hall–Kier alpha value is -3.24. The minimum atomic E-state index is -3.71. The van der Waals surface area contributed by atoms with Gasteiger partial charge in [0.15, 0.2) is 5.69 Å². The average molecular weight is 430 g/mol. The molecule has 0 spiro atoms. The van der Waals surface area contributed by atoms with Gasteiger partial charge in [-0.2, -0.15) is 9.40 Å². The van der Waals surface area contributed by atoms with Crippen LogP contribution in [0.25, 0.3) is 5.69 Å². The van der Waals surface area contributed by atoms with Crippen molar-refractivity contribution < 1.29 is 22.7 Å². The maximum atomic E-state index is 13.9. The molecule has 1 aromatic heterocycles. The molecule has 0 unspecified atom stereocenters. The molecule has 1 aliphatic rings. The third kappa shape index (κ3) is 3.79. The van der Waals surface area contributed by atoms with E-state index in [2.05, 4.69) is 10.4 Å². The van der Waals surface area contributed by atoms with E-state index in [-0.39, 0.29) is 27.7 Å². The average Bonchev–Trinajstić information content (AvgIpc) is 3.42. The lowest BCUT2D eigenvalue weighted by molar-refractivity contribution is 0.102. The van der Waals surface area contributed by atoms with Gasteiger partial charge in [0.25, 0.3) is 5.91 Å². The van der Waals surface area contributed by atoms with Crippen LogP contribution < -0.4 is 5.32 Å². The summed E-state index contributed by atoms with van der Waals surface area (Å²) in [5, 5.41) is 16.6. The van der Waals surface area contributed by atoms with Gasteiger partial charge in [-0.1, -0.05) is 12.1 Å². The molecule has 1 fully saturated rings. The molecular formula is C20H19FN4O4S. The van der Waals surface area contributed by atoms with Crippen LogP contribution in [0.15, 0.2) is 59.6 Å². The zero-order chi connectivity index (χ0) is 21.3. The first-order valence-electron chi connectivity index (χ1n) is 9.31. The van der Waals surface area contributed by atoms with Crippen molar-refractivity contribution >= 4 is 21.6 Å². The third-order valence-electron chi connectivity index (χ3n) is 4.84. The van der Waals surface area contributed by atoms with Crippen molar-refractivity contribution in [3.63, 3.8) is 0 Å². The molecule has 0 atom stereocenters. The largest absolute Gasteiger partial charge is 0.506 e. The molecule has 10 heteroatoms. The summed E-state index contributed by atoms with van der Waals surface area (Å²) in [5.74, 6) is -1.45. The Labute approximate surface area is 172 Å². The standard InChI is InChI=1S/C20H19FN4O4S/c21-15-5-1-2-6-18(15)25-12-9-16(23-25)20(27)22-17-13-14(7-8-19(17)26)30(28,29)24-10-3-4-11-24/h1-2,5-9,12-13,26H,3-4,10-11H2,(H,22,27).